The molecule has 0 unspecified atom stereocenters. The van der Waals surface area contributed by atoms with Crippen LogP contribution in [0.15, 0.2) is 46.9 Å². The van der Waals surface area contributed by atoms with Gasteiger partial charge in [0.05, 0.1) is 22.4 Å². The van der Waals surface area contributed by atoms with E-state index in [1.165, 1.54) is 0 Å². The first-order chi connectivity index (χ1) is 9.17. The fourth-order valence-corrected chi connectivity index (χ4v) is 2.08. The Balaban J connectivity index is 2.27. The van der Waals surface area contributed by atoms with E-state index in [-0.39, 0.29) is 0 Å². The molecule has 0 aliphatic carbocycles. The molecule has 0 spiro atoms. The fourth-order valence-electron chi connectivity index (χ4n) is 2.08. The molecule has 0 bridgehead atoms. The minimum atomic E-state index is -0.554. The SMILES string of the molecule is Cc1ccc2cc3ccc(C(=O)NO)cc3[o+]c2c1. The van der Waals surface area contributed by atoms with Crippen molar-refractivity contribution in [3.05, 3.63) is 53.6 Å². The van der Waals surface area contributed by atoms with Crippen molar-refractivity contribution >= 4 is 27.8 Å². The van der Waals surface area contributed by atoms with E-state index < -0.39 is 5.91 Å². The number of hydrogen-bond acceptors (Lipinski definition) is 2. The van der Waals surface area contributed by atoms with E-state index in [9.17, 15) is 4.79 Å². The van der Waals surface area contributed by atoms with Crippen molar-refractivity contribution in [3.63, 3.8) is 0 Å². The topological polar surface area (TPSA) is 60.6 Å². The molecule has 0 fully saturated rings. The van der Waals surface area contributed by atoms with Gasteiger partial charge in [-0.25, -0.2) is 9.90 Å². The third-order valence-electron chi connectivity index (χ3n) is 3.08. The molecule has 0 saturated heterocycles. The highest BCUT2D eigenvalue weighted by Gasteiger charge is 2.15. The minimum Gasteiger partial charge on any atom is -0.288 e. The quantitative estimate of drug-likeness (QED) is 0.303. The molecule has 0 radical (unpaired) electrons. The van der Waals surface area contributed by atoms with Crippen molar-refractivity contribution in [2.75, 3.05) is 0 Å². The third-order valence-corrected chi connectivity index (χ3v) is 3.08. The average molecular weight is 254 g/mol. The summed E-state index contributed by atoms with van der Waals surface area (Å²) in [6, 6.07) is 13.0. The fraction of sp³-hybridized carbons (Fsp3) is 0.0667. The number of fused-ring (bicyclic) bond motifs is 2. The lowest BCUT2D eigenvalue weighted by atomic mass is 10.1. The molecule has 1 heterocycles. The van der Waals surface area contributed by atoms with Crippen LogP contribution in [-0.4, -0.2) is 11.1 Å². The van der Waals surface area contributed by atoms with E-state index in [4.69, 9.17) is 9.62 Å². The Bertz CT molecular complexity index is 796. The molecule has 4 nitrogen and oxygen atoms in total. The van der Waals surface area contributed by atoms with Gasteiger partial charge in [0.15, 0.2) is 0 Å². The van der Waals surface area contributed by atoms with E-state index in [2.05, 4.69) is 0 Å². The minimum absolute atomic E-state index is 0.353. The van der Waals surface area contributed by atoms with Crippen LogP contribution in [0, 0.1) is 6.92 Å². The zero-order valence-electron chi connectivity index (χ0n) is 10.3. The van der Waals surface area contributed by atoms with E-state index in [0.29, 0.717) is 11.1 Å². The summed E-state index contributed by atoms with van der Waals surface area (Å²) in [5.74, 6) is -0.554. The molecule has 94 valence electrons. The van der Waals surface area contributed by atoms with E-state index in [1.54, 1.807) is 23.7 Å². The van der Waals surface area contributed by atoms with E-state index in [0.717, 1.165) is 21.9 Å². The molecule has 4 heteroatoms. The van der Waals surface area contributed by atoms with Gasteiger partial charge in [0.1, 0.15) is 0 Å². The summed E-state index contributed by atoms with van der Waals surface area (Å²) in [6.07, 6.45) is 0. The predicted octanol–water partition coefficient (Wildman–Crippen LogP) is 3.29. The van der Waals surface area contributed by atoms with Crippen LogP contribution >= 0.6 is 0 Å². The lowest BCUT2D eigenvalue weighted by Crippen LogP contribution is -2.18. The van der Waals surface area contributed by atoms with Crippen molar-refractivity contribution in [3.8, 4) is 0 Å². The highest BCUT2D eigenvalue weighted by molar-refractivity contribution is 5.98. The first-order valence-electron chi connectivity index (χ1n) is 5.89. The second-order valence-electron chi connectivity index (χ2n) is 4.48. The van der Waals surface area contributed by atoms with E-state index >= 15 is 0 Å². The predicted molar refractivity (Wildman–Crippen MR) is 72.1 cm³/mol. The average Bonchev–Trinajstić information content (AvgIpc) is 2.43. The summed E-state index contributed by atoms with van der Waals surface area (Å²) < 4.78 is 5.80. The maximum Gasteiger partial charge on any atom is 0.361 e. The van der Waals surface area contributed by atoms with Gasteiger partial charge >= 0.3 is 11.2 Å². The summed E-state index contributed by atoms with van der Waals surface area (Å²) in [6.45, 7) is 1.99. The van der Waals surface area contributed by atoms with Crippen LogP contribution in [0.25, 0.3) is 21.9 Å². The Morgan fingerprint density at radius 3 is 2.47 bits per heavy atom. The number of hydrogen-bond donors (Lipinski definition) is 2. The molecule has 1 amide bonds. The molecule has 3 rings (SSSR count). The van der Waals surface area contributed by atoms with Crippen molar-refractivity contribution in [1.82, 2.24) is 5.48 Å². The number of benzene rings is 2. The van der Waals surface area contributed by atoms with Gasteiger partial charge in [-0.15, -0.1) is 0 Å². The standard InChI is InChI=1S/C15H11NO3/c1-9-2-3-10-7-11-4-5-12(15(17)16-18)8-14(11)19-13(10)6-9/h2-8H,1H3,(H-,16,17,18)/p+1. The monoisotopic (exact) mass is 254 g/mol. The number of carbonyl (C=O) groups excluding carboxylic acids is 1. The lowest BCUT2D eigenvalue weighted by molar-refractivity contribution is 0.0706. The third kappa shape index (κ3) is 2.02. The Morgan fingerprint density at radius 1 is 1.05 bits per heavy atom. The molecule has 0 saturated carbocycles. The van der Waals surface area contributed by atoms with Crippen LogP contribution in [0.2, 0.25) is 0 Å². The van der Waals surface area contributed by atoms with Gasteiger partial charge in [-0.1, -0.05) is 6.07 Å². The van der Waals surface area contributed by atoms with Gasteiger partial charge in [-0.05, 0) is 36.8 Å². The van der Waals surface area contributed by atoms with Gasteiger partial charge in [-0.2, -0.15) is 0 Å². The first kappa shape index (κ1) is 11.6. The molecule has 0 atom stereocenters. The molecular formula is C15H12NO3+. The molecule has 3 aromatic rings. The number of hydroxylamine groups is 1. The zero-order chi connectivity index (χ0) is 13.4. The van der Waals surface area contributed by atoms with Crippen molar-refractivity contribution < 1.29 is 14.4 Å². The molecule has 19 heavy (non-hydrogen) atoms. The second-order valence-corrected chi connectivity index (χ2v) is 4.48. The van der Waals surface area contributed by atoms with Crippen LogP contribution < -0.4 is 5.48 Å². The van der Waals surface area contributed by atoms with E-state index in [1.807, 2.05) is 31.2 Å². The Kier molecular flexibility index (Phi) is 2.65. The summed E-state index contributed by atoms with van der Waals surface area (Å²) in [5.41, 5.74) is 4.46. The Hall–Kier alpha value is -2.46. The summed E-state index contributed by atoms with van der Waals surface area (Å²) in [4.78, 5) is 11.4. The van der Waals surface area contributed by atoms with Crippen LogP contribution in [-0.2, 0) is 0 Å². The number of rotatable bonds is 1. The molecule has 0 aliphatic heterocycles. The van der Waals surface area contributed by atoms with Crippen LogP contribution in [0.5, 0.6) is 0 Å². The molecular weight excluding hydrogens is 242 g/mol. The van der Waals surface area contributed by atoms with Gasteiger partial charge in [0.2, 0.25) is 0 Å². The summed E-state index contributed by atoms with van der Waals surface area (Å²) in [5, 5.41) is 10.6. The van der Waals surface area contributed by atoms with Crippen LogP contribution in [0.3, 0.4) is 0 Å². The number of aryl methyl sites for hydroxylation is 1. The number of nitrogens with one attached hydrogen (secondary N) is 1. The van der Waals surface area contributed by atoms with Crippen molar-refractivity contribution in [2.45, 2.75) is 6.92 Å². The molecule has 2 aromatic carbocycles. The van der Waals surface area contributed by atoms with Crippen molar-refractivity contribution in [1.29, 1.82) is 0 Å². The highest BCUT2D eigenvalue weighted by atomic mass is 16.5. The molecule has 0 aliphatic rings. The second kappa shape index (κ2) is 4.33. The van der Waals surface area contributed by atoms with Crippen LogP contribution in [0.4, 0.5) is 0 Å². The normalized spacial score (nSPS) is 10.8. The van der Waals surface area contributed by atoms with Crippen molar-refractivity contribution in [2.24, 2.45) is 0 Å². The van der Waals surface area contributed by atoms with Crippen LogP contribution in [0.1, 0.15) is 15.9 Å². The maximum atomic E-state index is 11.4. The largest absolute Gasteiger partial charge is 0.361 e. The smallest absolute Gasteiger partial charge is 0.288 e. The lowest BCUT2D eigenvalue weighted by Gasteiger charge is -1.97. The number of carbonyl (C=O) groups is 1. The number of amides is 1. The first-order valence-corrected chi connectivity index (χ1v) is 5.89. The Morgan fingerprint density at radius 2 is 1.74 bits per heavy atom. The molecule has 2 N–H and O–H groups in total. The Labute approximate surface area is 109 Å². The zero-order valence-corrected chi connectivity index (χ0v) is 10.3. The summed E-state index contributed by atoms with van der Waals surface area (Å²) in [7, 11) is 0. The highest BCUT2D eigenvalue weighted by Crippen LogP contribution is 2.24. The van der Waals surface area contributed by atoms with Gasteiger partial charge in [0, 0.05) is 6.07 Å². The van der Waals surface area contributed by atoms with Gasteiger partial charge in [0.25, 0.3) is 5.91 Å². The summed E-state index contributed by atoms with van der Waals surface area (Å²) >= 11 is 0. The maximum absolute atomic E-state index is 11.4. The van der Waals surface area contributed by atoms with Gasteiger partial charge < -0.3 is 0 Å². The molecule has 1 aromatic heterocycles. The van der Waals surface area contributed by atoms with Gasteiger partial charge in [-0.3, -0.25) is 10.0 Å².